The summed E-state index contributed by atoms with van der Waals surface area (Å²) in [6.45, 7) is 2.04. The zero-order chi connectivity index (χ0) is 12.8. The molecule has 0 unspecified atom stereocenters. The normalized spacial score (nSPS) is 10.1. The van der Waals surface area contributed by atoms with Crippen LogP contribution in [-0.4, -0.2) is 18.4 Å². The van der Waals surface area contributed by atoms with Gasteiger partial charge in [-0.1, -0.05) is 23.2 Å². The molecular weight excluding hydrogens is 263 g/mol. The van der Waals surface area contributed by atoms with Crippen molar-refractivity contribution in [3.8, 4) is 0 Å². The number of esters is 1. The molecule has 17 heavy (non-hydrogen) atoms. The van der Waals surface area contributed by atoms with Gasteiger partial charge in [-0.2, -0.15) is 0 Å². The first-order valence-electron chi connectivity index (χ1n) is 5.18. The van der Waals surface area contributed by atoms with Crippen molar-refractivity contribution in [2.75, 3.05) is 6.61 Å². The van der Waals surface area contributed by atoms with Gasteiger partial charge in [-0.25, -0.2) is 0 Å². The maximum absolute atomic E-state index is 11.7. The van der Waals surface area contributed by atoms with Crippen molar-refractivity contribution in [2.45, 2.75) is 19.8 Å². The minimum absolute atomic E-state index is 0.0763. The number of Topliss-reactive ketones (excluding diaryl/α,β-unsaturated/α-hetero) is 1. The Morgan fingerprint density at radius 1 is 1.18 bits per heavy atom. The Hall–Kier alpha value is -1.06. The third-order valence-electron chi connectivity index (χ3n) is 2.10. The quantitative estimate of drug-likeness (QED) is 0.610. The van der Waals surface area contributed by atoms with Crippen LogP contribution in [0.1, 0.15) is 30.1 Å². The molecule has 0 bridgehead atoms. The highest BCUT2D eigenvalue weighted by Crippen LogP contribution is 2.23. The van der Waals surface area contributed by atoms with Crippen LogP contribution in [0.5, 0.6) is 0 Å². The second-order valence-corrected chi connectivity index (χ2v) is 4.17. The van der Waals surface area contributed by atoms with Crippen LogP contribution in [0.3, 0.4) is 0 Å². The molecule has 0 spiro atoms. The first-order valence-corrected chi connectivity index (χ1v) is 5.94. The third-order valence-corrected chi connectivity index (χ3v) is 2.84. The summed E-state index contributed by atoms with van der Waals surface area (Å²) in [5, 5.41) is 0.724. The lowest BCUT2D eigenvalue weighted by Crippen LogP contribution is -2.07. The summed E-state index contributed by atoms with van der Waals surface area (Å²) in [4.78, 5) is 22.8. The van der Waals surface area contributed by atoms with Gasteiger partial charge in [0.25, 0.3) is 0 Å². The summed E-state index contributed by atoms with van der Waals surface area (Å²) >= 11 is 11.5. The molecular formula is C12H12Cl2O3. The van der Waals surface area contributed by atoms with E-state index >= 15 is 0 Å². The number of hydrogen-bond acceptors (Lipinski definition) is 3. The lowest BCUT2D eigenvalue weighted by molar-refractivity contribution is -0.143. The molecule has 1 aromatic rings. The van der Waals surface area contributed by atoms with Crippen LogP contribution in [0.4, 0.5) is 0 Å². The van der Waals surface area contributed by atoms with Crippen molar-refractivity contribution < 1.29 is 14.3 Å². The molecule has 0 atom stereocenters. The molecule has 0 amide bonds. The van der Waals surface area contributed by atoms with Crippen LogP contribution >= 0.6 is 23.2 Å². The van der Waals surface area contributed by atoms with Crippen LogP contribution in [0.15, 0.2) is 18.2 Å². The molecule has 0 heterocycles. The van der Waals surface area contributed by atoms with Crippen molar-refractivity contribution in [3.05, 3.63) is 33.8 Å². The summed E-state index contributed by atoms with van der Waals surface area (Å²) in [7, 11) is 0. The molecule has 0 aliphatic carbocycles. The fourth-order valence-corrected chi connectivity index (χ4v) is 1.56. The Morgan fingerprint density at radius 3 is 2.47 bits per heavy atom. The van der Waals surface area contributed by atoms with Gasteiger partial charge in [-0.05, 0) is 25.1 Å². The molecule has 0 aliphatic rings. The van der Waals surface area contributed by atoms with Gasteiger partial charge >= 0.3 is 5.97 Å². The van der Waals surface area contributed by atoms with E-state index in [2.05, 4.69) is 0 Å². The number of ketones is 1. The number of hydrogen-bond donors (Lipinski definition) is 0. The second-order valence-electron chi connectivity index (χ2n) is 3.36. The number of rotatable bonds is 5. The number of ether oxygens (including phenoxy) is 1. The minimum atomic E-state index is -0.374. The van der Waals surface area contributed by atoms with Gasteiger partial charge in [0, 0.05) is 12.0 Å². The van der Waals surface area contributed by atoms with E-state index in [0.717, 1.165) is 0 Å². The van der Waals surface area contributed by atoms with Crippen LogP contribution in [-0.2, 0) is 9.53 Å². The van der Waals surface area contributed by atoms with Gasteiger partial charge in [-0.15, -0.1) is 0 Å². The van der Waals surface area contributed by atoms with E-state index in [1.807, 2.05) is 0 Å². The van der Waals surface area contributed by atoms with Crippen LogP contribution in [0.2, 0.25) is 10.0 Å². The van der Waals surface area contributed by atoms with Crippen LogP contribution < -0.4 is 0 Å². The van der Waals surface area contributed by atoms with Crippen molar-refractivity contribution >= 4 is 35.0 Å². The number of carbonyl (C=O) groups is 2. The van der Waals surface area contributed by atoms with Gasteiger partial charge in [-0.3, -0.25) is 9.59 Å². The van der Waals surface area contributed by atoms with E-state index in [1.165, 1.54) is 6.07 Å². The Morgan fingerprint density at radius 2 is 1.88 bits per heavy atom. The first kappa shape index (κ1) is 14.0. The van der Waals surface area contributed by atoms with Crippen molar-refractivity contribution in [2.24, 2.45) is 0 Å². The number of carbonyl (C=O) groups excluding carboxylic acids is 2. The van der Waals surface area contributed by atoms with Gasteiger partial charge < -0.3 is 4.74 Å². The average molecular weight is 275 g/mol. The van der Waals surface area contributed by atoms with Crippen LogP contribution in [0, 0.1) is 0 Å². The summed E-state index contributed by atoms with van der Waals surface area (Å²) in [5.41, 5.74) is 0.448. The fraction of sp³-hybridized carbons (Fsp3) is 0.333. The maximum Gasteiger partial charge on any atom is 0.306 e. The molecule has 0 aromatic heterocycles. The van der Waals surface area contributed by atoms with Gasteiger partial charge in [0.15, 0.2) is 5.78 Å². The van der Waals surface area contributed by atoms with Gasteiger partial charge in [0.05, 0.1) is 23.1 Å². The SMILES string of the molecule is CCOC(=O)CCC(=O)c1ccc(Cl)c(Cl)c1. The summed E-state index contributed by atoms with van der Waals surface area (Å²) in [5.74, 6) is -0.530. The molecule has 0 fully saturated rings. The minimum Gasteiger partial charge on any atom is -0.466 e. The highest BCUT2D eigenvalue weighted by Gasteiger charge is 2.11. The van der Waals surface area contributed by atoms with Gasteiger partial charge in [0.2, 0.25) is 0 Å². The average Bonchev–Trinajstić information content (AvgIpc) is 2.30. The van der Waals surface area contributed by atoms with E-state index in [1.54, 1.807) is 19.1 Å². The molecule has 5 heteroatoms. The lowest BCUT2D eigenvalue weighted by atomic mass is 10.1. The molecule has 0 N–H and O–H groups in total. The van der Waals surface area contributed by atoms with Gasteiger partial charge in [0.1, 0.15) is 0 Å². The third kappa shape index (κ3) is 4.36. The fourth-order valence-electron chi connectivity index (χ4n) is 1.26. The molecule has 1 aromatic carbocycles. The van der Waals surface area contributed by atoms with E-state index in [-0.39, 0.29) is 24.6 Å². The molecule has 0 saturated carbocycles. The zero-order valence-electron chi connectivity index (χ0n) is 9.33. The molecule has 0 aliphatic heterocycles. The van der Waals surface area contributed by atoms with E-state index in [9.17, 15) is 9.59 Å². The first-order chi connectivity index (χ1) is 8.04. The monoisotopic (exact) mass is 274 g/mol. The Bertz CT molecular complexity index is 430. The molecule has 1 rings (SSSR count). The molecule has 0 saturated heterocycles. The highest BCUT2D eigenvalue weighted by molar-refractivity contribution is 6.42. The number of halogens is 2. The van der Waals surface area contributed by atoms with E-state index in [0.29, 0.717) is 22.2 Å². The number of benzene rings is 1. The predicted molar refractivity (Wildman–Crippen MR) is 66.7 cm³/mol. The standard InChI is InChI=1S/C12H12Cl2O3/c1-2-17-12(16)6-5-11(15)8-3-4-9(13)10(14)7-8/h3-4,7H,2,5-6H2,1H3. The topological polar surface area (TPSA) is 43.4 Å². The lowest BCUT2D eigenvalue weighted by Gasteiger charge is -2.03. The maximum atomic E-state index is 11.7. The van der Waals surface area contributed by atoms with E-state index < -0.39 is 0 Å². The largest absolute Gasteiger partial charge is 0.466 e. The van der Waals surface area contributed by atoms with Crippen LogP contribution in [0.25, 0.3) is 0 Å². The predicted octanol–water partition coefficient (Wildman–Crippen LogP) is 3.52. The summed E-state index contributed by atoms with van der Waals surface area (Å²) in [6.07, 6.45) is 0.184. The Balaban J connectivity index is 2.58. The zero-order valence-corrected chi connectivity index (χ0v) is 10.8. The van der Waals surface area contributed by atoms with Crippen molar-refractivity contribution in [1.29, 1.82) is 0 Å². The smallest absolute Gasteiger partial charge is 0.306 e. The summed E-state index contributed by atoms with van der Waals surface area (Å²) in [6, 6.07) is 4.64. The summed E-state index contributed by atoms with van der Waals surface area (Å²) < 4.78 is 4.73. The highest BCUT2D eigenvalue weighted by atomic mass is 35.5. The molecule has 0 radical (unpaired) electrons. The van der Waals surface area contributed by atoms with Crippen molar-refractivity contribution in [1.82, 2.24) is 0 Å². The molecule has 3 nitrogen and oxygen atoms in total. The Kier molecular flexibility index (Phi) is 5.45. The van der Waals surface area contributed by atoms with E-state index in [4.69, 9.17) is 27.9 Å². The van der Waals surface area contributed by atoms with Crippen molar-refractivity contribution in [3.63, 3.8) is 0 Å². The Labute approximate surface area is 110 Å². The molecule has 92 valence electrons. The second kappa shape index (κ2) is 6.62.